The number of nitrogens with zero attached hydrogens (tertiary/aromatic N) is 1. The quantitative estimate of drug-likeness (QED) is 0.607. The van der Waals surface area contributed by atoms with Gasteiger partial charge in [-0.3, -0.25) is 4.79 Å². The summed E-state index contributed by atoms with van der Waals surface area (Å²) >= 11 is 0. The third-order valence-electron chi connectivity index (χ3n) is 4.22. The summed E-state index contributed by atoms with van der Waals surface area (Å²) in [5.41, 5.74) is 8.05. The molecule has 28 heavy (non-hydrogen) atoms. The second-order valence-electron chi connectivity index (χ2n) is 5.84. The minimum absolute atomic E-state index is 0.539. The van der Waals surface area contributed by atoms with E-state index >= 15 is 0 Å². The number of ether oxygens (including phenoxy) is 4. The number of fused-ring (bicyclic) bond motifs is 1. The van der Waals surface area contributed by atoms with E-state index in [-0.39, 0.29) is 0 Å². The molecule has 3 rings (SSSR count). The molecule has 2 aromatic carbocycles. The van der Waals surface area contributed by atoms with E-state index in [1.807, 2.05) is 6.07 Å². The molecule has 8 nitrogen and oxygen atoms in total. The van der Waals surface area contributed by atoms with Gasteiger partial charge in [0.05, 0.1) is 45.0 Å². The van der Waals surface area contributed by atoms with Crippen LogP contribution in [0.25, 0.3) is 28.5 Å². The Morgan fingerprint density at radius 2 is 1.57 bits per heavy atom. The molecule has 8 heteroatoms. The average Bonchev–Trinajstić information content (AvgIpc) is 3.12. The van der Waals surface area contributed by atoms with Gasteiger partial charge in [-0.1, -0.05) is 0 Å². The van der Waals surface area contributed by atoms with Crippen LogP contribution in [-0.2, 0) is 4.79 Å². The van der Waals surface area contributed by atoms with Crippen LogP contribution in [0.5, 0.6) is 23.0 Å². The number of benzene rings is 2. The van der Waals surface area contributed by atoms with Crippen molar-refractivity contribution in [1.29, 1.82) is 0 Å². The predicted octanol–water partition coefficient (Wildman–Crippen LogP) is 2.76. The van der Waals surface area contributed by atoms with Crippen LogP contribution in [0.2, 0.25) is 0 Å². The Hall–Kier alpha value is -3.68. The molecule has 0 unspecified atom stereocenters. The van der Waals surface area contributed by atoms with Crippen molar-refractivity contribution in [3.63, 3.8) is 0 Å². The van der Waals surface area contributed by atoms with Gasteiger partial charge in [-0.2, -0.15) is 0 Å². The van der Waals surface area contributed by atoms with Crippen molar-refractivity contribution in [2.24, 2.45) is 5.73 Å². The van der Waals surface area contributed by atoms with E-state index < -0.39 is 5.91 Å². The molecule has 1 aromatic heterocycles. The van der Waals surface area contributed by atoms with Crippen molar-refractivity contribution in [2.45, 2.75) is 0 Å². The normalized spacial score (nSPS) is 11.0. The molecule has 0 spiro atoms. The number of nitrogens with two attached hydrogens (primary N) is 1. The number of rotatable bonds is 7. The van der Waals surface area contributed by atoms with E-state index in [9.17, 15) is 4.79 Å². The maximum Gasteiger partial charge on any atom is 0.241 e. The second-order valence-corrected chi connectivity index (χ2v) is 5.84. The Morgan fingerprint density at radius 3 is 2.18 bits per heavy atom. The number of aromatic nitrogens is 2. The smallest absolute Gasteiger partial charge is 0.241 e. The molecule has 0 aliphatic heterocycles. The topological polar surface area (TPSA) is 109 Å². The summed E-state index contributed by atoms with van der Waals surface area (Å²) in [5, 5.41) is 0. The van der Waals surface area contributed by atoms with Crippen LogP contribution >= 0.6 is 0 Å². The van der Waals surface area contributed by atoms with Crippen molar-refractivity contribution in [2.75, 3.05) is 28.4 Å². The van der Waals surface area contributed by atoms with Crippen LogP contribution in [0.1, 0.15) is 5.56 Å². The Bertz CT molecular complexity index is 1060. The van der Waals surface area contributed by atoms with E-state index in [4.69, 9.17) is 24.7 Å². The summed E-state index contributed by atoms with van der Waals surface area (Å²) in [5.74, 6) is 2.31. The van der Waals surface area contributed by atoms with Gasteiger partial charge in [0.1, 0.15) is 17.3 Å². The van der Waals surface area contributed by atoms with Gasteiger partial charge in [-0.05, 0) is 18.2 Å². The molecule has 0 atom stereocenters. The second kappa shape index (κ2) is 7.91. The highest BCUT2D eigenvalue weighted by Gasteiger charge is 2.17. The molecule has 0 bridgehead atoms. The van der Waals surface area contributed by atoms with Crippen LogP contribution in [-0.4, -0.2) is 44.3 Å². The highest BCUT2D eigenvalue weighted by Crippen LogP contribution is 2.40. The first-order valence-corrected chi connectivity index (χ1v) is 8.36. The summed E-state index contributed by atoms with van der Waals surface area (Å²) in [6.07, 6.45) is 2.87. The largest absolute Gasteiger partial charge is 0.496 e. The molecule has 0 fully saturated rings. The van der Waals surface area contributed by atoms with Crippen LogP contribution in [0.15, 0.2) is 30.3 Å². The standard InChI is InChI=1S/C20H21N3O5/c1-25-15-9-14-13(7-11(15)5-6-19(21)24)22-20(23-14)12-8-17(27-3)18(28-4)10-16(12)26-2/h5-10H,1-4H3,(H2,21,24)(H,22,23)/b6-5+. The van der Waals surface area contributed by atoms with E-state index in [1.165, 1.54) is 6.08 Å². The van der Waals surface area contributed by atoms with Crippen LogP contribution in [0.4, 0.5) is 0 Å². The molecule has 0 aliphatic carbocycles. The molecule has 146 valence electrons. The van der Waals surface area contributed by atoms with Gasteiger partial charge >= 0.3 is 0 Å². The van der Waals surface area contributed by atoms with Gasteiger partial charge in [-0.15, -0.1) is 0 Å². The minimum Gasteiger partial charge on any atom is -0.496 e. The molecular weight excluding hydrogens is 362 g/mol. The van der Waals surface area contributed by atoms with Gasteiger partial charge < -0.3 is 29.7 Å². The third kappa shape index (κ3) is 3.57. The van der Waals surface area contributed by atoms with Crippen molar-refractivity contribution in [3.8, 4) is 34.4 Å². The molecule has 0 radical (unpaired) electrons. The number of nitrogens with one attached hydrogen (secondary N) is 1. The number of hydrogen-bond acceptors (Lipinski definition) is 6. The van der Waals surface area contributed by atoms with Crippen LogP contribution in [0, 0.1) is 0 Å². The predicted molar refractivity (Wildman–Crippen MR) is 106 cm³/mol. The van der Waals surface area contributed by atoms with Gasteiger partial charge in [-0.25, -0.2) is 4.98 Å². The molecule has 0 saturated carbocycles. The molecule has 1 heterocycles. The lowest BCUT2D eigenvalue weighted by atomic mass is 10.1. The zero-order valence-corrected chi connectivity index (χ0v) is 16.0. The summed E-state index contributed by atoms with van der Waals surface area (Å²) in [6, 6.07) is 7.14. The lowest BCUT2D eigenvalue weighted by Crippen LogP contribution is -2.05. The Morgan fingerprint density at radius 1 is 0.929 bits per heavy atom. The third-order valence-corrected chi connectivity index (χ3v) is 4.22. The highest BCUT2D eigenvalue weighted by molar-refractivity contribution is 5.92. The van der Waals surface area contributed by atoms with Crippen LogP contribution in [0.3, 0.4) is 0 Å². The molecule has 0 aliphatic rings. The molecule has 0 saturated heterocycles. The lowest BCUT2D eigenvalue weighted by molar-refractivity contribution is -0.113. The van der Waals surface area contributed by atoms with Crippen molar-refractivity contribution >= 4 is 23.0 Å². The first-order chi connectivity index (χ1) is 13.5. The SMILES string of the molecule is COc1cc2nc(-c3cc(OC)c(OC)cc3OC)[nH]c2cc1/C=C/C(N)=O. The zero-order valence-electron chi connectivity index (χ0n) is 16.0. The van der Waals surface area contributed by atoms with Gasteiger partial charge in [0.15, 0.2) is 11.5 Å². The summed E-state index contributed by atoms with van der Waals surface area (Å²) in [4.78, 5) is 18.9. The van der Waals surface area contributed by atoms with Gasteiger partial charge in [0, 0.05) is 23.8 Å². The van der Waals surface area contributed by atoms with Crippen molar-refractivity contribution in [3.05, 3.63) is 35.9 Å². The van der Waals surface area contributed by atoms with Crippen LogP contribution < -0.4 is 24.7 Å². The fourth-order valence-corrected chi connectivity index (χ4v) is 2.88. The summed E-state index contributed by atoms with van der Waals surface area (Å²) in [7, 11) is 6.25. The number of hydrogen-bond donors (Lipinski definition) is 2. The number of amides is 1. The first kappa shape index (κ1) is 19.1. The Kier molecular flexibility index (Phi) is 5.39. The maximum atomic E-state index is 11.0. The fourth-order valence-electron chi connectivity index (χ4n) is 2.88. The van der Waals surface area contributed by atoms with E-state index in [0.717, 1.165) is 5.52 Å². The minimum atomic E-state index is -0.539. The average molecular weight is 383 g/mol. The monoisotopic (exact) mass is 383 g/mol. The van der Waals surface area contributed by atoms with E-state index in [2.05, 4.69) is 9.97 Å². The molecule has 1 amide bonds. The number of carbonyl (C=O) groups is 1. The van der Waals surface area contributed by atoms with Crippen molar-refractivity contribution < 1.29 is 23.7 Å². The summed E-state index contributed by atoms with van der Waals surface area (Å²) < 4.78 is 21.6. The Balaban J connectivity index is 2.16. The van der Waals surface area contributed by atoms with E-state index in [0.29, 0.717) is 45.5 Å². The van der Waals surface area contributed by atoms with E-state index in [1.54, 1.807) is 52.7 Å². The number of imidazole rings is 1. The maximum absolute atomic E-state index is 11.0. The number of carbonyl (C=O) groups excluding carboxylic acids is 1. The zero-order chi connectivity index (χ0) is 20.3. The summed E-state index contributed by atoms with van der Waals surface area (Å²) in [6.45, 7) is 0. The van der Waals surface area contributed by atoms with Gasteiger partial charge in [0.2, 0.25) is 5.91 Å². The van der Waals surface area contributed by atoms with Crippen molar-refractivity contribution in [1.82, 2.24) is 9.97 Å². The molecular formula is C20H21N3O5. The fraction of sp³-hybridized carbons (Fsp3) is 0.200. The molecule has 3 aromatic rings. The number of H-pyrrole nitrogens is 1. The highest BCUT2D eigenvalue weighted by atomic mass is 16.5. The lowest BCUT2D eigenvalue weighted by Gasteiger charge is -2.12. The van der Waals surface area contributed by atoms with Gasteiger partial charge in [0.25, 0.3) is 0 Å². The number of primary amides is 1. The number of methoxy groups -OCH3 is 4. The first-order valence-electron chi connectivity index (χ1n) is 8.36. The Labute approximate surface area is 161 Å². The number of aromatic amines is 1. The molecule has 3 N–H and O–H groups in total.